The van der Waals surface area contributed by atoms with Gasteiger partial charge in [-0.3, -0.25) is 4.79 Å². The molecule has 0 aliphatic heterocycles. The van der Waals surface area contributed by atoms with Crippen LogP contribution in [-0.2, 0) is 11.8 Å². The van der Waals surface area contributed by atoms with Gasteiger partial charge in [-0.05, 0) is 73.1 Å². The Morgan fingerprint density at radius 1 is 1.03 bits per heavy atom. The van der Waals surface area contributed by atoms with Crippen LogP contribution in [0.25, 0.3) is 22.2 Å². The molecule has 5 rings (SSSR count). The summed E-state index contributed by atoms with van der Waals surface area (Å²) in [5, 5.41) is 2.60. The van der Waals surface area contributed by atoms with E-state index in [1.165, 1.54) is 11.6 Å². The molecule has 1 saturated carbocycles. The van der Waals surface area contributed by atoms with Gasteiger partial charge in [0.2, 0.25) is 5.91 Å². The van der Waals surface area contributed by atoms with Crippen molar-refractivity contribution >= 4 is 22.6 Å². The van der Waals surface area contributed by atoms with E-state index in [1.54, 1.807) is 0 Å². The number of amides is 1. The topological polar surface area (TPSA) is 46.9 Å². The molecular weight excluding hydrogens is 463 g/mol. The molecule has 1 fully saturated rings. The minimum atomic E-state index is -2.75. The van der Waals surface area contributed by atoms with Crippen LogP contribution in [0.5, 0.6) is 0 Å². The zero-order valence-corrected chi connectivity index (χ0v) is 20.3. The highest BCUT2D eigenvalue weighted by molar-refractivity contribution is 5.92. The number of nitrogens with one attached hydrogen (secondary N) is 1. The van der Waals surface area contributed by atoms with Gasteiger partial charge in [-0.1, -0.05) is 42.8 Å². The highest BCUT2D eigenvalue weighted by atomic mass is 19.3. The van der Waals surface area contributed by atoms with Crippen molar-refractivity contribution in [2.45, 2.75) is 45.0 Å². The minimum absolute atomic E-state index is 0.0593. The lowest BCUT2D eigenvalue weighted by molar-refractivity contribution is -0.120. The number of carbonyl (C=O) groups excluding carboxylic acids is 1. The molecule has 1 amide bonds. The highest BCUT2D eigenvalue weighted by Crippen LogP contribution is 2.38. The fourth-order valence-electron chi connectivity index (χ4n) is 5.18. The van der Waals surface area contributed by atoms with Gasteiger partial charge in [0.15, 0.2) is 0 Å². The number of hydrogen-bond donors (Lipinski definition) is 1. The third-order valence-electron chi connectivity index (χ3n) is 7.37. The lowest BCUT2D eigenvalue weighted by Gasteiger charge is -2.29. The first kappa shape index (κ1) is 24.1. The lowest BCUT2D eigenvalue weighted by Crippen LogP contribution is -2.27. The Kier molecular flexibility index (Phi) is 6.56. The van der Waals surface area contributed by atoms with E-state index in [-0.39, 0.29) is 23.4 Å². The molecule has 2 atom stereocenters. The first-order valence-corrected chi connectivity index (χ1v) is 12.2. The van der Waals surface area contributed by atoms with Gasteiger partial charge in [-0.2, -0.15) is 0 Å². The minimum Gasteiger partial charge on any atom is -0.331 e. The van der Waals surface area contributed by atoms with E-state index in [0.29, 0.717) is 6.42 Å². The second kappa shape index (κ2) is 9.80. The average Bonchev–Trinajstić information content (AvgIpc) is 3.17. The third-order valence-corrected chi connectivity index (χ3v) is 7.37. The first-order valence-electron chi connectivity index (χ1n) is 12.2. The van der Waals surface area contributed by atoms with Gasteiger partial charge in [0, 0.05) is 18.5 Å². The molecule has 1 aromatic heterocycles. The summed E-state index contributed by atoms with van der Waals surface area (Å²) >= 11 is 0. The van der Waals surface area contributed by atoms with Crippen LogP contribution >= 0.6 is 0 Å². The van der Waals surface area contributed by atoms with Crippen LogP contribution in [0, 0.1) is 18.7 Å². The van der Waals surface area contributed by atoms with Crippen LogP contribution in [0.4, 0.5) is 18.9 Å². The zero-order valence-electron chi connectivity index (χ0n) is 20.3. The third kappa shape index (κ3) is 4.74. The number of aromatic nitrogens is 2. The van der Waals surface area contributed by atoms with Gasteiger partial charge < -0.3 is 9.88 Å². The molecule has 4 aromatic rings. The highest BCUT2D eigenvalue weighted by Gasteiger charge is 2.28. The molecule has 0 spiro atoms. The summed E-state index contributed by atoms with van der Waals surface area (Å²) in [6, 6.07) is 17.9. The van der Waals surface area contributed by atoms with Gasteiger partial charge >= 0.3 is 0 Å². The van der Waals surface area contributed by atoms with E-state index < -0.39 is 17.8 Å². The largest absolute Gasteiger partial charge is 0.331 e. The number of carbonyl (C=O) groups is 1. The number of rotatable bonds is 5. The van der Waals surface area contributed by atoms with E-state index >= 15 is 0 Å². The number of anilines is 1. The molecule has 3 aromatic carbocycles. The normalized spacial score (nSPS) is 18.1. The zero-order chi connectivity index (χ0) is 25.4. The summed E-state index contributed by atoms with van der Waals surface area (Å²) in [7, 11) is 2.01. The number of benzene rings is 3. The summed E-state index contributed by atoms with van der Waals surface area (Å²) in [6.07, 6.45) is 0.519. The number of hydrogen-bond acceptors (Lipinski definition) is 2. The molecule has 0 saturated heterocycles. The van der Waals surface area contributed by atoms with Crippen LogP contribution in [0.3, 0.4) is 0 Å². The van der Waals surface area contributed by atoms with Crippen LogP contribution in [0.2, 0.25) is 0 Å². The van der Waals surface area contributed by atoms with Crippen molar-refractivity contribution in [3.63, 3.8) is 0 Å². The van der Waals surface area contributed by atoms with E-state index in [9.17, 15) is 18.0 Å². The Morgan fingerprint density at radius 2 is 1.78 bits per heavy atom. The number of aryl methyl sites for hydroxylation is 2. The maximum atomic E-state index is 14.2. The van der Waals surface area contributed by atoms with Crippen LogP contribution in [0.1, 0.15) is 55.0 Å². The second-order valence-electron chi connectivity index (χ2n) is 9.63. The van der Waals surface area contributed by atoms with Gasteiger partial charge in [-0.25, -0.2) is 18.2 Å². The molecule has 1 heterocycles. The van der Waals surface area contributed by atoms with Crippen LogP contribution in [-0.4, -0.2) is 15.5 Å². The predicted molar refractivity (Wildman–Crippen MR) is 136 cm³/mol. The Labute approximate surface area is 208 Å². The molecule has 0 bridgehead atoms. The van der Waals surface area contributed by atoms with Crippen molar-refractivity contribution in [3.05, 3.63) is 83.4 Å². The number of halogens is 3. The Balaban J connectivity index is 1.27. The van der Waals surface area contributed by atoms with Gasteiger partial charge in [0.05, 0.1) is 16.7 Å². The molecule has 7 heteroatoms. The summed E-state index contributed by atoms with van der Waals surface area (Å²) < 4.78 is 41.8. The fraction of sp³-hybridized carbons (Fsp3) is 0.310. The van der Waals surface area contributed by atoms with Crippen molar-refractivity contribution in [2.75, 3.05) is 5.32 Å². The Hall–Kier alpha value is -3.61. The maximum absolute atomic E-state index is 14.2. The molecule has 186 valence electrons. The predicted octanol–water partition coefficient (Wildman–Crippen LogP) is 7.54. The quantitative estimate of drug-likeness (QED) is 0.314. The average molecular weight is 492 g/mol. The molecule has 1 N–H and O–H groups in total. The van der Waals surface area contributed by atoms with E-state index in [1.807, 2.05) is 14.0 Å². The fourth-order valence-corrected chi connectivity index (χ4v) is 5.18. The number of nitrogens with zero attached hydrogens (tertiary/aromatic N) is 2. The van der Waals surface area contributed by atoms with Crippen LogP contribution < -0.4 is 5.32 Å². The SMILES string of the molecule is Cc1nc2cc(-c3ccc(C4CCCC(C(=O)Nc5ccc(C(F)F)cc5F)C4)cc3)ccc2n1C. The van der Waals surface area contributed by atoms with Gasteiger partial charge in [-0.15, -0.1) is 0 Å². The summed E-state index contributed by atoms with van der Waals surface area (Å²) in [5.74, 6) is -0.161. The monoisotopic (exact) mass is 491 g/mol. The molecule has 2 unspecified atom stereocenters. The van der Waals surface area contributed by atoms with Crippen molar-refractivity contribution < 1.29 is 18.0 Å². The summed E-state index contributed by atoms with van der Waals surface area (Å²) in [5.41, 5.74) is 5.00. The van der Waals surface area contributed by atoms with Crippen molar-refractivity contribution in [3.8, 4) is 11.1 Å². The van der Waals surface area contributed by atoms with Gasteiger partial charge in [0.25, 0.3) is 6.43 Å². The molecule has 1 aliphatic rings. The summed E-state index contributed by atoms with van der Waals surface area (Å²) in [6.45, 7) is 1.99. The van der Waals surface area contributed by atoms with Crippen molar-refractivity contribution in [1.29, 1.82) is 0 Å². The maximum Gasteiger partial charge on any atom is 0.263 e. The second-order valence-corrected chi connectivity index (χ2v) is 9.63. The summed E-state index contributed by atoms with van der Waals surface area (Å²) in [4.78, 5) is 17.5. The van der Waals surface area contributed by atoms with Gasteiger partial charge in [0.1, 0.15) is 11.6 Å². The molecular formula is C29H28F3N3O. The lowest BCUT2D eigenvalue weighted by atomic mass is 9.77. The van der Waals surface area contributed by atoms with Crippen LogP contribution in [0.15, 0.2) is 60.7 Å². The number of alkyl halides is 2. The first-order chi connectivity index (χ1) is 17.3. The smallest absolute Gasteiger partial charge is 0.263 e. The molecule has 0 radical (unpaired) electrons. The molecule has 1 aliphatic carbocycles. The van der Waals surface area contributed by atoms with E-state index in [0.717, 1.165) is 59.4 Å². The molecule has 4 nitrogen and oxygen atoms in total. The molecule has 36 heavy (non-hydrogen) atoms. The van der Waals surface area contributed by atoms with E-state index in [2.05, 4.69) is 57.3 Å². The standard InChI is InChI=1S/C29H28F3N3O/c1-17-33-26-16-21(11-13-27(26)35(17)2)19-8-6-18(7-9-19)20-4-3-5-23(14-20)29(36)34-25-12-10-22(28(31)32)15-24(25)30/h6-13,15-16,20,23,28H,3-5,14H2,1-2H3,(H,34,36). The van der Waals surface area contributed by atoms with Crippen molar-refractivity contribution in [1.82, 2.24) is 9.55 Å². The number of fused-ring (bicyclic) bond motifs is 1. The Bertz CT molecular complexity index is 1410. The number of imidazole rings is 1. The Morgan fingerprint density at radius 3 is 2.50 bits per heavy atom. The van der Waals surface area contributed by atoms with Crippen molar-refractivity contribution in [2.24, 2.45) is 13.0 Å². The van der Waals surface area contributed by atoms with E-state index in [4.69, 9.17) is 0 Å².